The van der Waals surface area contributed by atoms with E-state index in [1.807, 2.05) is 19.1 Å². The van der Waals surface area contributed by atoms with Crippen molar-refractivity contribution in [2.45, 2.75) is 13.3 Å². The third-order valence-electron chi connectivity index (χ3n) is 3.17. The maximum atomic E-state index is 11.6. The van der Waals surface area contributed by atoms with E-state index >= 15 is 0 Å². The van der Waals surface area contributed by atoms with Crippen molar-refractivity contribution in [1.82, 2.24) is 0 Å². The molecule has 20 heavy (non-hydrogen) atoms. The van der Waals surface area contributed by atoms with E-state index in [2.05, 4.69) is 6.07 Å². The lowest BCUT2D eigenvalue weighted by atomic mass is 9.99. The monoisotopic (exact) mass is 265 g/mol. The van der Waals surface area contributed by atoms with Gasteiger partial charge >= 0.3 is 0 Å². The Morgan fingerprint density at radius 3 is 2.45 bits per heavy atom. The largest absolute Gasteiger partial charge is 0.496 e. The number of hydrogen-bond acceptors (Lipinski definition) is 3. The summed E-state index contributed by atoms with van der Waals surface area (Å²) in [5.41, 5.74) is 3.05. The molecule has 0 aliphatic rings. The van der Waals surface area contributed by atoms with E-state index in [1.54, 1.807) is 37.4 Å². The van der Waals surface area contributed by atoms with Crippen molar-refractivity contribution in [3.05, 3.63) is 53.6 Å². The Kier molecular flexibility index (Phi) is 4.17. The van der Waals surface area contributed by atoms with Crippen molar-refractivity contribution in [3.63, 3.8) is 0 Å². The molecule has 100 valence electrons. The Hall–Kier alpha value is -2.60. The highest BCUT2D eigenvalue weighted by atomic mass is 16.5. The summed E-state index contributed by atoms with van der Waals surface area (Å²) < 4.78 is 5.32. The van der Waals surface area contributed by atoms with Crippen LogP contribution >= 0.6 is 0 Å². The van der Waals surface area contributed by atoms with E-state index < -0.39 is 0 Å². The molecule has 0 saturated carbocycles. The predicted octanol–water partition coefficient (Wildman–Crippen LogP) is 3.83. The molecule has 0 unspecified atom stereocenters. The van der Waals surface area contributed by atoms with E-state index in [9.17, 15) is 4.79 Å². The molecule has 3 nitrogen and oxygen atoms in total. The summed E-state index contributed by atoms with van der Waals surface area (Å²) in [6.07, 6.45) is 0.493. The third kappa shape index (κ3) is 2.70. The van der Waals surface area contributed by atoms with Gasteiger partial charge in [-0.25, -0.2) is 0 Å². The first-order chi connectivity index (χ1) is 9.69. The predicted molar refractivity (Wildman–Crippen MR) is 77.8 cm³/mol. The van der Waals surface area contributed by atoms with Crippen LogP contribution in [0.4, 0.5) is 0 Å². The summed E-state index contributed by atoms with van der Waals surface area (Å²) in [6.45, 7) is 1.84. The van der Waals surface area contributed by atoms with Crippen LogP contribution in [0.1, 0.15) is 29.3 Å². The van der Waals surface area contributed by atoms with Crippen LogP contribution in [-0.2, 0) is 0 Å². The van der Waals surface area contributed by atoms with E-state index in [1.165, 1.54) is 0 Å². The molecule has 2 aromatic rings. The van der Waals surface area contributed by atoms with Gasteiger partial charge in [0.1, 0.15) is 5.75 Å². The Morgan fingerprint density at radius 2 is 1.90 bits per heavy atom. The summed E-state index contributed by atoms with van der Waals surface area (Å²) in [5.74, 6) is 0.827. The highest BCUT2D eigenvalue weighted by Gasteiger charge is 2.08. The average molecular weight is 265 g/mol. The molecule has 0 radical (unpaired) electrons. The highest BCUT2D eigenvalue weighted by Crippen LogP contribution is 2.31. The number of ketones is 1. The van der Waals surface area contributed by atoms with Gasteiger partial charge < -0.3 is 4.74 Å². The summed E-state index contributed by atoms with van der Waals surface area (Å²) in [6, 6.07) is 14.8. The first-order valence-electron chi connectivity index (χ1n) is 6.41. The number of nitrogens with zero attached hydrogens (tertiary/aromatic N) is 1. The highest BCUT2D eigenvalue weighted by molar-refractivity contribution is 5.96. The molecular weight excluding hydrogens is 250 g/mol. The number of Topliss-reactive ketones (excluding diaryl/α,β-unsaturated/α-hetero) is 1. The van der Waals surface area contributed by atoms with Gasteiger partial charge in [-0.05, 0) is 23.8 Å². The number of benzene rings is 2. The van der Waals surface area contributed by atoms with Gasteiger partial charge in [0, 0.05) is 17.5 Å². The summed E-state index contributed by atoms with van der Waals surface area (Å²) in [5, 5.41) is 8.99. The zero-order chi connectivity index (χ0) is 14.5. The lowest BCUT2D eigenvalue weighted by Gasteiger charge is -2.09. The summed E-state index contributed by atoms with van der Waals surface area (Å²) in [4.78, 5) is 11.6. The zero-order valence-corrected chi connectivity index (χ0v) is 11.5. The minimum absolute atomic E-state index is 0.120. The standard InChI is InChI=1S/C17H15NO2/c1-3-16(19)14-7-5-13(6-8-14)15-10-12(11-18)4-9-17(15)20-2/h4-10H,3H2,1-2H3. The fourth-order valence-electron chi connectivity index (χ4n) is 2.04. The van der Waals surface area contributed by atoms with Crippen LogP contribution < -0.4 is 4.74 Å². The SMILES string of the molecule is CCC(=O)c1ccc(-c2cc(C#N)ccc2OC)cc1. The molecule has 0 spiro atoms. The third-order valence-corrected chi connectivity index (χ3v) is 3.17. The topological polar surface area (TPSA) is 50.1 Å². The average Bonchev–Trinajstić information content (AvgIpc) is 2.53. The fraction of sp³-hybridized carbons (Fsp3) is 0.176. The maximum Gasteiger partial charge on any atom is 0.162 e. The molecule has 0 N–H and O–H groups in total. The van der Waals surface area contributed by atoms with E-state index in [0.29, 0.717) is 23.3 Å². The van der Waals surface area contributed by atoms with Crippen LogP contribution in [-0.4, -0.2) is 12.9 Å². The smallest absolute Gasteiger partial charge is 0.162 e. The molecule has 0 aromatic heterocycles. The summed E-state index contributed by atoms with van der Waals surface area (Å²) in [7, 11) is 1.60. The molecule has 2 aromatic carbocycles. The summed E-state index contributed by atoms with van der Waals surface area (Å²) >= 11 is 0. The molecular formula is C17H15NO2. The number of nitriles is 1. The van der Waals surface area contributed by atoms with Crippen molar-refractivity contribution in [2.24, 2.45) is 0 Å². The van der Waals surface area contributed by atoms with E-state index in [4.69, 9.17) is 10.00 Å². The molecule has 0 aliphatic carbocycles. The minimum atomic E-state index is 0.120. The van der Waals surface area contributed by atoms with Gasteiger partial charge in [-0.1, -0.05) is 31.2 Å². The van der Waals surface area contributed by atoms with Crippen LogP contribution in [0.5, 0.6) is 5.75 Å². The number of rotatable bonds is 4. The second-order valence-electron chi connectivity index (χ2n) is 4.38. The Bertz CT molecular complexity index is 666. The second-order valence-corrected chi connectivity index (χ2v) is 4.38. The Labute approximate surface area is 118 Å². The zero-order valence-electron chi connectivity index (χ0n) is 11.5. The van der Waals surface area contributed by atoms with Crippen LogP contribution in [0, 0.1) is 11.3 Å². The number of methoxy groups -OCH3 is 1. The van der Waals surface area contributed by atoms with Crippen molar-refractivity contribution < 1.29 is 9.53 Å². The van der Waals surface area contributed by atoms with Crippen molar-refractivity contribution in [1.29, 1.82) is 5.26 Å². The van der Waals surface area contributed by atoms with Gasteiger partial charge in [-0.3, -0.25) is 4.79 Å². The lowest BCUT2D eigenvalue weighted by molar-refractivity contribution is 0.0988. The van der Waals surface area contributed by atoms with Crippen molar-refractivity contribution in [3.8, 4) is 22.9 Å². The Balaban J connectivity index is 2.46. The maximum absolute atomic E-state index is 11.6. The van der Waals surface area contributed by atoms with Crippen LogP contribution in [0.25, 0.3) is 11.1 Å². The van der Waals surface area contributed by atoms with Gasteiger partial charge in [0.15, 0.2) is 5.78 Å². The number of ether oxygens (including phenoxy) is 1. The lowest BCUT2D eigenvalue weighted by Crippen LogP contribution is -1.96. The van der Waals surface area contributed by atoms with E-state index in [0.717, 1.165) is 11.1 Å². The molecule has 0 amide bonds. The minimum Gasteiger partial charge on any atom is -0.496 e. The van der Waals surface area contributed by atoms with Gasteiger partial charge in [0.05, 0.1) is 18.7 Å². The molecule has 2 rings (SSSR count). The second kappa shape index (κ2) is 6.03. The van der Waals surface area contributed by atoms with Gasteiger partial charge in [0.25, 0.3) is 0 Å². The molecule has 0 saturated heterocycles. The normalized spacial score (nSPS) is 9.85. The number of carbonyl (C=O) groups is 1. The van der Waals surface area contributed by atoms with Crippen molar-refractivity contribution >= 4 is 5.78 Å². The number of carbonyl (C=O) groups excluding carboxylic acids is 1. The molecule has 0 aliphatic heterocycles. The van der Waals surface area contributed by atoms with Crippen LogP contribution in [0.3, 0.4) is 0 Å². The molecule has 3 heteroatoms. The van der Waals surface area contributed by atoms with E-state index in [-0.39, 0.29) is 5.78 Å². The first-order valence-corrected chi connectivity index (χ1v) is 6.41. The molecule has 0 fully saturated rings. The molecule has 0 heterocycles. The van der Waals surface area contributed by atoms with Gasteiger partial charge in [-0.2, -0.15) is 5.26 Å². The number of hydrogen-bond donors (Lipinski definition) is 0. The van der Waals surface area contributed by atoms with Crippen LogP contribution in [0.15, 0.2) is 42.5 Å². The van der Waals surface area contributed by atoms with Gasteiger partial charge in [-0.15, -0.1) is 0 Å². The van der Waals surface area contributed by atoms with Crippen molar-refractivity contribution in [2.75, 3.05) is 7.11 Å². The fourth-order valence-corrected chi connectivity index (χ4v) is 2.04. The molecule has 0 bridgehead atoms. The quantitative estimate of drug-likeness (QED) is 0.789. The molecule has 0 atom stereocenters. The first kappa shape index (κ1) is 13.8. The van der Waals surface area contributed by atoms with Gasteiger partial charge in [0.2, 0.25) is 0 Å². The Morgan fingerprint density at radius 1 is 1.20 bits per heavy atom. The van der Waals surface area contributed by atoms with Crippen LogP contribution in [0.2, 0.25) is 0 Å².